The van der Waals surface area contributed by atoms with Crippen LogP contribution in [0, 0.1) is 6.92 Å². The fourth-order valence-electron chi connectivity index (χ4n) is 3.39. The third kappa shape index (κ3) is 3.92. The maximum atomic E-state index is 13.3. The van der Waals surface area contributed by atoms with Gasteiger partial charge in [-0.1, -0.05) is 35.5 Å². The van der Waals surface area contributed by atoms with E-state index in [0.717, 1.165) is 11.1 Å². The molecule has 0 saturated carbocycles. The highest BCUT2D eigenvalue weighted by molar-refractivity contribution is 8.14. The summed E-state index contributed by atoms with van der Waals surface area (Å²) < 4.78 is 10.8. The van der Waals surface area contributed by atoms with Crippen molar-refractivity contribution in [3.05, 3.63) is 83.3 Å². The molecule has 1 aromatic heterocycles. The predicted octanol–water partition coefficient (Wildman–Crippen LogP) is 4.41. The number of aliphatic imine (C=N–C) groups is 1. The molecule has 5 rings (SSSR count). The number of benzene rings is 2. The highest BCUT2D eigenvalue weighted by atomic mass is 32.2. The van der Waals surface area contributed by atoms with Crippen LogP contribution in [0.15, 0.2) is 71.5 Å². The Bertz CT molecular complexity index is 1250. The van der Waals surface area contributed by atoms with Crippen LogP contribution in [-0.4, -0.2) is 34.4 Å². The third-order valence-electron chi connectivity index (χ3n) is 5.05. The summed E-state index contributed by atoms with van der Waals surface area (Å²) in [6, 6.07) is 16.6. The van der Waals surface area contributed by atoms with E-state index in [2.05, 4.69) is 9.98 Å². The van der Waals surface area contributed by atoms with E-state index < -0.39 is 0 Å². The number of aromatic nitrogens is 1. The fraction of sp³-hybridized carbons (Fsp3) is 0.125. The van der Waals surface area contributed by atoms with E-state index in [1.165, 1.54) is 11.8 Å². The van der Waals surface area contributed by atoms with Gasteiger partial charge in [-0.25, -0.2) is 4.99 Å². The Morgan fingerprint density at radius 3 is 2.75 bits per heavy atom. The first-order chi connectivity index (χ1) is 15.6. The molecule has 160 valence electrons. The Kier molecular flexibility index (Phi) is 5.28. The van der Waals surface area contributed by atoms with Gasteiger partial charge in [0, 0.05) is 6.20 Å². The molecule has 8 heteroatoms. The van der Waals surface area contributed by atoms with E-state index >= 15 is 0 Å². The van der Waals surface area contributed by atoms with E-state index in [1.54, 1.807) is 35.4 Å². The van der Waals surface area contributed by atoms with E-state index in [9.17, 15) is 9.59 Å². The third-order valence-corrected chi connectivity index (χ3v) is 5.99. The summed E-state index contributed by atoms with van der Waals surface area (Å²) in [6.45, 7) is 2.17. The van der Waals surface area contributed by atoms with Crippen LogP contribution in [0.25, 0.3) is 6.08 Å². The molecule has 1 amide bonds. The molecule has 1 N–H and O–H groups in total. The van der Waals surface area contributed by atoms with Crippen LogP contribution in [0.1, 0.15) is 21.6 Å². The number of carbonyl (C=O) groups excluding carboxylic acids is 2. The van der Waals surface area contributed by atoms with Gasteiger partial charge in [0.15, 0.2) is 22.4 Å². The van der Waals surface area contributed by atoms with Gasteiger partial charge < -0.3 is 14.5 Å². The van der Waals surface area contributed by atoms with Gasteiger partial charge in [0.25, 0.3) is 5.91 Å². The van der Waals surface area contributed by atoms with Crippen LogP contribution in [0.5, 0.6) is 11.5 Å². The van der Waals surface area contributed by atoms with Gasteiger partial charge in [-0.3, -0.25) is 14.5 Å². The molecule has 0 radical (unpaired) electrons. The number of ether oxygens (including phenoxy) is 2. The maximum Gasteiger partial charge on any atom is 0.283 e. The number of H-pyrrole nitrogens is 1. The second kappa shape index (κ2) is 8.39. The number of carbonyl (C=O) groups is 2. The lowest BCUT2D eigenvalue weighted by Crippen LogP contribution is -2.30. The maximum absolute atomic E-state index is 13.3. The molecule has 2 aliphatic rings. The Balaban J connectivity index is 1.45. The molecule has 0 saturated heterocycles. The predicted molar refractivity (Wildman–Crippen MR) is 124 cm³/mol. The largest absolute Gasteiger partial charge is 0.454 e. The molecule has 0 spiro atoms. The Hall–Kier alpha value is -3.78. The first-order valence-electron chi connectivity index (χ1n) is 9.99. The zero-order chi connectivity index (χ0) is 22.1. The number of hydrogen-bond acceptors (Lipinski definition) is 6. The second-order valence-electron chi connectivity index (χ2n) is 7.31. The number of amides is 1. The van der Waals surface area contributed by atoms with Gasteiger partial charge in [0.2, 0.25) is 6.79 Å². The Morgan fingerprint density at radius 2 is 1.97 bits per heavy atom. The lowest BCUT2D eigenvalue weighted by molar-refractivity contribution is -0.113. The number of anilines is 1. The highest BCUT2D eigenvalue weighted by Crippen LogP contribution is 2.34. The summed E-state index contributed by atoms with van der Waals surface area (Å²) in [5.41, 5.74) is 3.39. The van der Waals surface area contributed by atoms with Crippen LogP contribution in [0.2, 0.25) is 0 Å². The molecule has 32 heavy (non-hydrogen) atoms. The minimum Gasteiger partial charge on any atom is -0.454 e. The van der Waals surface area contributed by atoms with Crippen molar-refractivity contribution >= 4 is 40.4 Å². The lowest BCUT2D eigenvalue weighted by Gasteiger charge is -2.17. The Labute approximate surface area is 188 Å². The highest BCUT2D eigenvalue weighted by Gasteiger charge is 2.32. The average molecular weight is 446 g/mol. The number of rotatable bonds is 5. The fourth-order valence-corrected chi connectivity index (χ4v) is 4.28. The van der Waals surface area contributed by atoms with Gasteiger partial charge in [0.05, 0.1) is 17.1 Å². The minimum absolute atomic E-state index is 0.0628. The van der Waals surface area contributed by atoms with E-state index in [0.29, 0.717) is 33.7 Å². The first kappa shape index (κ1) is 20.1. The topological polar surface area (TPSA) is 84.0 Å². The molecule has 3 aromatic rings. The number of aromatic amines is 1. The molecule has 0 atom stereocenters. The molecule has 3 heterocycles. The normalized spacial score (nSPS) is 16.0. The van der Waals surface area contributed by atoms with Gasteiger partial charge in [-0.2, -0.15) is 0 Å². The zero-order valence-electron chi connectivity index (χ0n) is 17.2. The number of aryl methyl sites for hydroxylation is 1. The van der Waals surface area contributed by atoms with Crippen molar-refractivity contribution in [2.45, 2.75) is 6.92 Å². The molecule has 0 unspecified atom stereocenters. The van der Waals surface area contributed by atoms with E-state index in [4.69, 9.17) is 9.47 Å². The molecule has 0 aliphatic carbocycles. The van der Waals surface area contributed by atoms with Crippen LogP contribution in [0.3, 0.4) is 0 Å². The first-order valence-corrected chi connectivity index (χ1v) is 11.0. The van der Waals surface area contributed by atoms with Crippen molar-refractivity contribution in [3.63, 3.8) is 0 Å². The number of ketones is 1. The Morgan fingerprint density at radius 1 is 1.16 bits per heavy atom. The minimum atomic E-state index is -0.249. The average Bonchev–Trinajstić information content (AvgIpc) is 3.54. The summed E-state index contributed by atoms with van der Waals surface area (Å²) in [7, 11) is 0. The molecule has 2 aliphatic heterocycles. The number of nitrogens with one attached hydrogen (secondary N) is 1. The number of hydrogen-bond donors (Lipinski definition) is 1. The van der Waals surface area contributed by atoms with Gasteiger partial charge in [-0.15, -0.1) is 0 Å². The number of amidine groups is 1. The SMILES string of the molecule is Cc1ccc(N2C(=O)/C(=C\c3ccc4c(c3)OCO4)N=C2SCC(=O)c2ccc[nH]2)cc1. The van der Waals surface area contributed by atoms with Crippen molar-refractivity contribution in [1.29, 1.82) is 0 Å². The molecular weight excluding hydrogens is 426 g/mol. The smallest absolute Gasteiger partial charge is 0.283 e. The lowest BCUT2D eigenvalue weighted by atomic mass is 10.1. The summed E-state index contributed by atoms with van der Waals surface area (Å²) in [4.78, 5) is 34.8. The number of Topliss-reactive ketones (excluding diaryl/α,β-unsaturated/α-hetero) is 1. The standard InChI is InChI=1S/C24H19N3O4S/c1-15-4-7-17(8-5-15)27-23(29)19(11-16-6-9-21-22(12-16)31-14-30-21)26-24(27)32-13-20(28)18-3-2-10-25-18/h2-12,25H,13-14H2,1H3/b19-11+. The molecular formula is C24H19N3O4S. The quantitative estimate of drug-likeness (QED) is 0.465. The molecule has 0 fully saturated rings. The number of fused-ring (bicyclic) bond motifs is 1. The van der Waals surface area contributed by atoms with Gasteiger partial charge >= 0.3 is 0 Å². The number of thioether (sulfide) groups is 1. The summed E-state index contributed by atoms with van der Waals surface area (Å²) in [5.74, 6) is 1.16. The van der Waals surface area contributed by atoms with Crippen molar-refractivity contribution < 1.29 is 19.1 Å². The van der Waals surface area contributed by atoms with E-state index in [-0.39, 0.29) is 24.2 Å². The van der Waals surface area contributed by atoms with Gasteiger partial charge in [0.1, 0.15) is 5.70 Å². The van der Waals surface area contributed by atoms with Gasteiger partial charge in [-0.05, 0) is 55.0 Å². The molecule has 2 aromatic carbocycles. The molecule has 7 nitrogen and oxygen atoms in total. The second-order valence-corrected chi connectivity index (χ2v) is 8.25. The summed E-state index contributed by atoms with van der Waals surface area (Å²) in [6.07, 6.45) is 3.42. The van der Waals surface area contributed by atoms with Crippen LogP contribution < -0.4 is 14.4 Å². The summed E-state index contributed by atoms with van der Waals surface area (Å²) >= 11 is 1.24. The molecule has 0 bridgehead atoms. The van der Waals surface area contributed by atoms with Crippen LogP contribution in [0.4, 0.5) is 5.69 Å². The number of nitrogens with zero attached hydrogens (tertiary/aromatic N) is 2. The van der Waals surface area contributed by atoms with Crippen molar-refractivity contribution in [3.8, 4) is 11.5 Å². The summed E-state index contributed by atoms with van der Waals surface area (Å²) in [5, 5.41) is 0.464. The van der Waals surface area contributed by atoms with Crippen molar-refractivity contribution in [2.24, 2.45) is 4.99 Å². The van der Waals surface area contributed by atoms with Crippen LogP contribution in [-0.2, 0) is 4.79 Å². The van der Waals surface area contributed by atoms with Crippen molar-refractivity contribution in [2.75, 3.05) is 17.4 Å². The van der Waals surface area contributed by atoms with E-state index in [1.807, 2.05) is 43.3 Å². The van der Waals surface area contributed by atoms with Crippen molar-refractivity contribution in [1.82, 2.24) is 4.98 Å². The van der Waals surface area contributed by atoms with Crippen LogP contribution >= 0.6 is 11.8 Å². The monoisotopic (exact) mass is 445 g/mol. The zero-order valence-corrected chi connectivity index (χ0v) is 18.0.